The average Bonchev–Trinajstić information content (AvgIpc) is 3.10. The molecule has 0 radical (unpaired) electrons. The van der Waals surface area contributed by atoms with Crippen LogP contribution in [0.4, 0.5) is 5.00 Å². The van der Waals surface area contributed by atoms with E-state index in [-0.39, 0.29) is 12.5 Å². The van der Waals surface area contributed by atoms with Gasteiger partial charge in [-0.25, -0.2) is 4.79 Å². The van der Waals surface area contributed by atoms with Gasteiger partial charge >= 0.3 is 5.97 Å². The van der Waals surface area contributed by atoms with Gasteiger partial charge in [0.25, 0.3) is 0 Å². The molecule has 0 spiro atoms. The van der Waals surface area contributed by atoms with Crippen LogP contribution in [0.15, 0.2) is 53.9 Å². The molecule has 3 aromatic rings. The minimum atomic E-state index is -0.459. The molecule has 0 bridgehead atoms. The highest BCUT2D eigenvalue weighted by Crippen LogP contribution is 2.38. The van der Waals surface area contributed by atoms with Crippen molar-refractivity contribution in [1.29, 1.82) is 0 Å². The summed E-state index contributed by atoms with van der Waals surface area (Å²) < 4.78 is 5.26. The summed E-state index contributed by atoms with van der Waals surface area (Å²) in [5.74, 6) is -0.811. The summed E-state index contributed by atoms with van der Waals surface area (Å²) in [7, 11) is 0. The second-order valence-electron chi connectivity index (χ2n) is 6.74. The van der Waals surface area contributed by atoms with Crippen molar-refractivity contribution in [3.63, 3.8) is 0 Å². The third-order valence-electron chi connectivity index (χ3n) is 4.50. The zero-order valence-corrected chi connectivity index (χ0v) is 18.6. The summed E-state index contributed by atoms with van der Waals surface area (Å²) in [6.07, 6.45) is 3.03. The fraction of sp³-hybridized carbons (Fsp3) is 0.167. The molecule has 3 rings (SSSR count). The van der Waals surface area contributed by atoms with Crippen molar-refractivity contribution in [2.75, 3.05) is 11.9 Å². The number of anilines is 1. The fourth-order valence-corrected chi connectivity index (χ4v) is 4.25. The highest BCUT2D eigenvalue weighted by Gasteiger charge is 2.23. The van der Waals surface area contributed by atoms with Crippen molar-refractivity contribution >= 4 is 45.9 Å². The maximum atomic E-state index is 12.7. The molecule has 0 aliphatic rings. The molecule has 0 aliphatic carbocycles. The van der Waals surface area contributed by atoms with Gasteiger partial charge in [0.15, 0.2) is 0 Å². The van der Waals surface area contributed by atoms with Crippen LogP contribution >= 0.6 is 22.9 Å². The molecule has 2 aromatic carbocycles. The number of nitrogens with one attached hydrogen (secondary N) is 1. The van der Waals surface area contributed by atoms with E-state index in [2.05, 4.69) is 11.4 Å². The number of aryl methyl sites for hydroxylation is 2. The summed E-state index contributed by atoms with van der Waals surface area (Å²) in [6.45, 7) is 6.03. The number of carbonyl (C=O) groups excluding carboxylic acids is 2. The number of hydrogen-bond acceptors (Lipinski definition) is 4. The third kappa shape index (κ3) is 4.99. The molecule has 0 fully saturated rings. The van der Waals surface area contributed by atoms with Crippen molar-refractivity contribution in [3.05, 3.63) is 81.2 Å². The monoisotopic (exact) mass is 439 g/mol. The Hall–Kier alpha value is -2.89. The molecule has 0 aliphatic heterocycles. The Morgan fingerprint density at radius 3 is 2.60 bits per heavy atom. The Morgan fingerprint density at radius 1 is 1.13 bits per heavy atom. The summed E-state index contributed by atoms with van der Waals surface area (Å²) >= 11 is 7.42. The van der Waals surface area contributed by atoms with Crippen LogP contribution in [0.5, 0.6) is 0 Å². The topological polar surface area (TPSA) is 55.4 Å². The van der Waals surface area contributed by atoms with Crippen LogP contribution in [0, 0.1) is 13.8 Å². The molecular formula is C24H22ClNO3S. The number of thiophene rings is 1. The molecule has 1 N–H and O–H groups in total. The van der Waals surface area contributed by atoms with E-state index in [9.17, 15) is 9.59 Å². The SMILES string of the molecule is CCOC(=O)c1c(-c2ccc(C)cc2C)csc1NC(=O)/C=C/c1ccccc1Cl. The van der Waals surface area contributed by atoms with E-state index in [1.165, 1.54) is 17.4 Å². The minimum Gasteiger partial charge on any atom is -0.462 e. The van der Waals surface area contributed by atoms with Gasteiger partial charge in [-0.05, 0) is 49.6 Å². The van der Waals surface area contributed by atoms with Crippen molar-refractivity contribution in [1.82, 2.24) is 0 Å². The van der Waals surface area contributed by atoms with Gasteiger partial charge in [-0.15, -0.1) is 11.3 Å². The van der Waals surface area contributed by atoms with Crippen LogP contribution in [-0.2, 0) is 9.53 Å². The standard InChI is InChI=1S/C24H22ClNO3S/c1-4-29-24(28)22-19(18-11-9-15(2)13-16(18)3)14-30-23(22)26-21(27)12-10-17-7-5-6-8-20(17)25/h5-14H,4H2,1-3H3,(H,26,27)/b12-10+. The van der Waals surface area contributed by atoms with Gasteiger partial charge < -0.3 is 10.1 Å². The number of rotatable bonds is 6. The lowest BCUT2D eigenvalue weighted by molar-refractivity contribution is -0.111. The zero-order valence-electron chi connectivity index (χ0n) is 17.0. The number of amides is 1. The molecule has 154 valence electrons. The second kappa shape index (κ2) is 9.74. The predicted octanol–water partition coefficient (Wildman–Crippen LogP) is 6.51. The largest absolute Gasteiger partial charge is 0.462 e. The molecule has 1 heterocycles. The summed E-state index contributed by atoms with van der Waals surface area (Å²) in [5.41, 5.74) is 4.99. The van der Waals surface area contributed by atoms with Crippen LogP contribution in [0.3, 0.4) is 0 Å². The zero-order chi connectivity index (χ0) is 21.7. The summed E-state index contributed by atoms with van der Waals surface area (Å²) in [5, 5.41) is 5.69. The second-order valence-corrected chi connectivity index (χ2v) is 8.02. The Bertz CT molecular complexity index is 1120. The number of hydrogen-bond donors (Lipinski definition) is 1. The van der Waals surface area contributed by atoms with Gasteiger partial charge in [0.1, 0.15) is 10.6 Å². The predicted molar refractivity (Wildman–Crippen MR) is 124 cm³/mol. The van der Waals surface area contributed by atoms with Crippen LogP contribution in [0.1, 0.15) is 34.0 Å². The molecule has 0 saturated carbocycles. The Morgan fingerprint density at radius 2 is 1.90 bits per heavy atom. The van der Waals surface area contributed by atoms with Crippen molar-refractivity contribution in [2.24, 2.45) is 0 Å². The number of benzene rings is 2. The first-order valence-corrected chi connectivity index (χ1v) is 10.8. The van der Waals surface area contributed by atoms with E-state index in [4.69, 9.17) is 16.3 Å². The molecule has 0 atom stereocenters. The van der Waals surface area contributed by atoms with Crippen LogP contribution in [0.2, 0.25) is 5.02 Å². The fourth-order valence-electron chi connectivity index (χ4n) is 3.10. The van der Waals surface area contributed by atoms with Gasteiger partial charge in [-0.3, -0.25) is 4.79 Å². The Labute approximate surface area is 185 Å². The highest BCUT2D eigenvalue weighted by molar-refractivity contribution is 7.15. The van der Waals surface area contributed by atoms with Gasteiger partial charge in [0.2, 0.25) is 5.91 Å². The smallest absolute Gasteiger partial charge is 0.341 e. The third-order valence-corrected chi connectivity index (χ3v) is 5.74. The van der Waals surface area contributed by atoms with Crippen LogP contribution in [0.25, 0.3) is 17.2 Å². The van der Waals surface area contributed by atoms with Gasteiger partial charge in [-0.1, -0.05) is 53.6 Å². The molecule has 0 saturated heterocycles. The lowest BCUT2D eigenvalue weighted by atomic mass is 9.97. The normalized spacial score (nSPS) is 10.9. The first-order valence-electron chi connectivity index (χ1n) is 9.50. The maximum absolute atomic E-state index is 12.7. The number of ether oxygens (including phenoxy) is 1. The van der Waals surface area contributed by atoms with Gasteiger partial charge in [-0.2, -0.15) is 0 Å². The van der Waals surface area contributed by atoms with Crippen molar-refractivity contribution < 1.29 is 14.3 Å². The van der Waals surface area contributed by atoms with Crippen LogP contribution < -0.4 is 5.32 Å². The Kier molecular flexibility index (Phi) is 7.08. The quantitative estimate of drug-likeness (QED) is 0.351. The van der Waals surface area contributed by atoms with Crippen molar-refractivity contribution in [3.8, 4) is 11.1 Å². The first kappa shape index (κ1) is 21.8. The molecule has 6 heteroatoms. The van der Waals surface area contributed by atoms with Crippen LogP contribution in [-0.4, -0.2) is 18.5 Å². The molecule has 0 unspecified atom stereocenters. The number of halogens is 1. The average molecular weight is 440 g/mol. The van der Waals surface area contributed by atoms with E-state index in [1.807, 2.05) is 49.6 Å². The summed E-state index contributed by atoms with van der Waals surface area (Å²) in [4.78, 5) is 25.2. The van der Waals surface area contributed by atoms with E-state index < -0.39 is 5.97 Å². The number of carbonyl (C=O) groups is 2. The van der Waals surface area contributed by atoms with E-state index in [1.54, 1.807) is 19.1 Å². The number of esters is 1. The molecule has 30 heavy (non-hydrogen) atoms. The summed E-state index contributed by atoms with van der Waals surface area (Å²) in [6, 6.07) is 13.3. The molecule has 1 amide bonds. The van der Waals surface area contributed by atoms with Gasteiger partial charge in [0, 0.05) is 22.0 Å². The van der Waals surface area contributed by atoms with E-state index in [0.717, 1.165) is 27.8 Å². The molecular weight excluding hydrogens is 418 g/mol. The minimum absolute atomic E-state index is 0.251. The van der Waals surface area contributed by atoms with Crippen molar-refractivity contribution in [2.45, 2.75) is 20.8 Å². The highest BCUT2D eigenvalue weighted by atomic mass is 35.5. The first-order chi connectivity index (χ1) is 14.4. The molecule has 1 aromatic heterocycles. The lowest BCUT2D eigenvalue weighted by Gasteiger charge is -2.10. The van der Waals surface area contributed by atoms with E-state index >= 15 is 0 Å². The Balaban J connectivity index is 1.92. The lowest BCUT2D eigenvalue weighted by Crippen LogP contribution is -2.12. The maximum Gasteiger partial charge on any atom is 0.341 e. The van der Waals surface area contributed by atoms with E-state index in [0.29, 0.717) is 15.6 Å². The molecule has 4 nitrogen and oxygen atoms in total. The van der Waals surface area contributed by atoms with Gasteiger partial charge in [0.05, 0.1) is 6.61 Å².